The lowest BCUT2D eigenvalue weighted by Gasteiger charge is -2.17. The first kappa shape index (κ1) is 18.0. The number of nitrogens with zero attached hydrogens (tertiary/aromatic N) is 2. The van der Waals surface area contributed by atoms with Crippen LogP contribution in [0.1, 0.15) is 24.3 Å². The number of ether oxygens (including phenoxy) is 2. The second-order valence-corrected chi connectivity index (χ2v) is 7.28. The second-order valence-electron chi connectivity index (χ2n) is 7.28. The van der Waals surface area contributed by atoms with Crippen LogP contribution in [0.4, 0.5) is 5.69 Å². The van der Waals surface area contributed by atoms with Crippen LogP contribution < -0.4 is 15.4 Å². The van der Waals surface area contributed by atoms with Crippen LogP contribution in [0.3, 0.4) is 0 Å². The molecule has 7 heteroatoms. The van der Waals surface area contributed by atoms with Crippen molar-refractivity contribution < 1.29 is 14.3 Å². The minimum atomic E-state index is -0.107. The average Bonchev–Trinajstić information content (AvgIpc) is 3.42. The first-order valence-corrected chi connectivity index (χ1v) is 9.53. The summed E-state index contributed by atoms with van der Waals surface area (Å²) in [5, 5.41) is 10.6. The van der Waals surface area contributed by atoms with Gasteiger partial charge in [0, 0.05) is 44.5 Å². The number of benzene rings is 1. The Morgan fingerprint density at radius 1 is 1.37 bits per heavy atom. The Morgan fingerprint density at radius 3 is 2.93 bits per heavy atom. The molecular weight excluding hydrogens is 344 g/mol. The number of amides is 1. The van der Waals surface area contributed by atoms with Gasteiger partial charge >= 0.3 is 0 Å². The van der Waals surface area contributed by atoms with E-state index in [1.807, 2.05) is 43.7 Å². The number of nitrogens with one attached hydrogen (secondary N) is 2. The summed E-state index contributed by atoms with van der Waals surface area (Å²) in [4.78, 5) is 12.8. The van der Waals surface area contributed by atoms with Crippen molar-refractivity contribution in [3.8, 4) is 5.75 Å². The highest BCUT2D eigenvalue weighted by molar-refractivity contribution is 5.93. The van der Waals surface area contributed by atoms with Gasteiger partial charge < -0.3 is 20.1 Å². The van der Waals surface area contributed by atoms with Crippen LogP contribution >= 0.6 is 0 Å². The maximum atomic E-state index is 12.8. The molecule has 2 saturated heterocycles. The molecule has 3 atom stereocenters. The third kappa shape index (κ3) is 4.31. The molecule has 2 N–H and O–H groups in total. The number of rotatable bonds is 6. The molecular formula is C20H26N4O3. The molecule has 144 valence electrons. The van der Waals surface area contributed by atoms with Crippen molar-refractivity contribution in [1.29, 1.82) is 0 Å². The lowest BCUT2D eigenvalue weighted by atomic mass is 9.90. The lowest BCUT2D eigenvalue weighted by molar-refractivity contribution is -0.119. The molecule has 2 aliphatic heterocycles. The summed E-state index contributed by atoms with van der Waals surface area (Å²) < 4.78 is 13.1. The van der Waals surface area contributed by atoms with Gasteiger partial charge in [-0.05, 0) is 42.7 Å². The molecule has 1 amide bonds. The van der Waals surface area contributed by atoms with Crippen LogP contribution in [0, 0.1) is 5.92 Å². The van der Waals surface area contributed by atoms with E-state index in [4.69, 9.17) is 9.47 Å². The number of hydrogen-bond donors (Lipinski definition) is 2. The van der Waals surface area contributed by atoms with Crippen LogP contribution in [0.5, 0.6) is 5.75 Å². The van der Waals surface area contributed by atoms with E-state index in [0.717, 1.165) is 43.0 Å². The fourth-order valence-corrected chi connectivity index (χ4v) is 3.77. The molecule has 0 spiro atoms. The highest BCUT2D eigenvalue weighted by Crippen LogP contribution is 2.29. The molecule has 1 aromatic heterocycles. The van der Waals surface area contributed by atoms with E-state index < -0.39 is 0 Å². The van der Waals surface area contributed by atoms with Gasteiger partial charge in [0.15, 0.2) is 0 Å². The number of aromatic nitrogens is 2. The van der Waals surface area contributed by atoms with Gasteiger partial charge in [-0.3, -0.25) is 9.48 Å². The molecule has 4 rings (SSSR count). The van der Waals surface area contributed by atoms with E-state index in [2.05, 4.69) is 15.7 Å². The van der Waals surface area contributed by atoms with E-state index in [-0.39, 0.29) is 23.8 Å². The quantitative estimate of drug-likeness (QED) is 0.812. The van der Waals surface area contributed by atoms with Gasteiger partial charge in [0.25, 0.3) is 0 Å². The van der Waals surface area contributed by atoms with Crippen molar-refractivity contribution >= 4 is 11.6 Å². The standard InChI is InChI=1S/C20H26N4O3/c1-24-12-14(9-22-24)18-10-21-11-19(18)20(25)23-15-4-6-16(7-5-15)27-13-17-3-2-8-26-17/h4-7,9,12,17-19,21H,2-3,8,10-11,13H2,1H3,(H,23,25)/t17?,18-,19+/m1/s1. The van der Waals surface area contributed by atoms with Crippen LogP contribution in [0.25, 0.3) is 0 Å². The Hall–Kier alpha value is -2.38. The topological polar surface area (TPSA) is 77.4 Å². The van der Waals surface area contributed by atoms with Gasteiger partial charge in [0.05, 0.1) is 18.2 Å². The summed E-state index contributed by atoms with van der Waals surface area (Å²) >= 11 is 0. The van der Waals surface area contributed by atoms with Gasteiger partial charge in [-0.25, -0.2) is 0 Å². The largest absolute Gasteiger partial charge is 0.491 e. The van der Waals surface area contributed by atoms with E-state index in [9.17, 15) is 4.79 Å². The number of hydrogen-bond acceptors (Lipinski definition) is 5. The van der Waals surface area contributed by atoms with Gasteiger partial charge in [-0.2, -0.15) is 5.10 Å². The smallest absolute Gasteiger partial charge is 0.229 e. The van der Waals surface area contributed by atoms with Gasteiger partial charge in [0.2, 0.25) is 5.91 Å². The molecule has 3 heterocycles. The summed E-state index contributed by atoms with van der Waals surface area (Å²) in [6, 6.07) is 7.53. The van der Waals surface area contributed by atoms with Crippen molar-refractivity contribution in [2.24, 2.45) is 13.0 Å². The molecule has 0 saturated carbocycles. The molecule has 2 aliphatic rings. The Bertz CT molecular complexity index is 768. The minimum Gasteiger partial charge on any atom is -0.491 e. The molecule has 2 aromatic rings. The first-order chi connectivity index (χ1) is 13.2. The Balaban J connectivity index is 1.33. The van der Waals surface area contributed by atoms with Crippen LogP contribution in [0.15, 0.2) is 36.7 Å². The summed E-state index contributed by atoms with van der Waals surface area (Å²) in [6.07, 6.45) is 6.19. The zero-order valence-corrected chi connectivity index (χ0v) is 15.6. The minimum absolute atomic E-state index is 0.0295. The monoisotopic (exact) mass is 370 g/mol. The van der Waals surface area contributed by atoms with Crippen LogP contribution in [-0.4, -0.2) is 48.1 Å². The molecule has 0 bridgehead atoms. The van der Waals surface area contributed by atoms with Crippen LogP contribution in [-0.2, 0) is 16.6 Å². The Kier molecular flexibility index (Phi) is 5.40. The highest BCUT2D eigenvalue weighted by atomic mass is 16.5. The summed E-state index contributed by atoms with van der Waals surface area (Å²) in [5.74, 6) is 0.860. The molecule has 0 aliphatic carbocycles. The SMILES string of the molecule is Cn1cc([C@H]2CNC[C@@H]2C(=O)Nc2ccc(OCC3CCCO3)cc2)cn1. The molecule has 27 heavy (non-hydrogen) atoms. The number of carbonyl (C=O) groups excluding carboxylic acids is 1. The van der Waals surface area contributed by atoms with Gasteiger partial charge in [-0.15, -0.1) is 0 Å². The van der Waals surface area contributed by atoms with Crippen molar-refractivity contribution in [2.75, 3.05) is 31.6 Å². The van der Waals surface area contributed by atoms with Crippen molar-refractivity contribution in [1.82, 2.24) is 15.1 Å². The van der Waals surface area contributed by atoms with E-state index in [1.165, 1.54) is 0 Å². The van der Waals surface area contributed by atoms with E-state index in [1.54, 1.807) is 4.68 Å². The van der Waals surface area contributed by atoms with Gasteiger partial charge in [-0.1, -0.05) is 0 Å². The molecule has 0 radical (unpaired) electrons. The van der Waals surface area contributed by atoms with Crippen molar-refractivity contribution in [2.45, 2.75) is 24.9 Å². The van der Waals surface area contributed by atoms with Crippen molar-refractivity contribution in [3.05, 3.63) is 42.2 Å². The summed E-state index contributed by atoms with van der Waals surface area (Å²) in [6.45, 7) is 2.87. The first-order valence-electron chi connectivity index (χ1n) is 9.53. The highest BCUT2D eigenvalue weighted by Gasteiger charge is 2.34. The molecule has 2 fully saturated rings. The Morgan fingerprint density at radius 2 is 2.22 bits per heavy atom. The fourth-order valence-electron chi connectivity index (χ4n) is 3.77. The third-order valence-electron chi connectivity index (χ3n) is 5.29. The maximum Gasteiger partial charge on any atom is 0.229 e. The van der Waals surface area contributed by atoms with E-state index >= 15 is 0 Å². The zero-order valence-electron chi connectivity index (χ0n) is 15.6. The second kappa shape index (κ2) is 8.10. The predicted octanol–water partition coefficient (Wildman–Crippen LogP) is 1.92. The van der Waals surface area contributed by atoms with Crippen LogP contribution in [0.2, 0.25) is 0 Å². The summed E-state index contributed by atoms with van der Waals surface area (Å²) in [5.41, 5.74) is 1.88. The number of carbonyl (C=O) groups is 1. The zero-order chi connectivity index (χ0) is 18.6. The van der Waals surface area contributed by atoms with Crippen molar-refractivity contribution in [3.63, 3.8) is 0 Å². The number of aryl methyl sites for hydroxylation is 1. The lowest BCUT2D eigenvalue weighted by Crippen LogP contribution is -2.28. The number of anilines is 1. The third-order valence-corrected chi connectivity index (χ3v) is 5.29. The molecule has 1 unspecified atom stereocenters. The normalized spacial score (nSPS) is 24.9. The van der Waals surface area contributed by atoms with E-state index in [0.29, 0.717) is 13.2 Å². The average molecular weight is 370 g/mol. The molecule has 7 nitrogen and oxygen atoms in total. The predicted molar refractivity (Wildman–Crippen MR) is 102 cm³/mol. The maximum absolute atomic E-state index is 12.8. The Labute approximate surface area is 159 Å². The summed E-state index contributed by atoms with van der Waals surface area (Å²) in [7, 11) is 1.89. The molecule has 1 aromatic carbocycles. The fraction of sp³-hybridized carbons (Fsp3) is 0.500. The van der Waals surface area contributed by atoms with Gasteiger partial charge in [0.1, 0.15) is 12.4 Å².